The number of carbonyl (C=O) groups excluding carboxylic acids is 1. The number of hydrogen-bond donors (Lipinski definition) is 2. The molecule has 0 spiro atoms. The lowest BCUT2D eigenvalue weighted by atomic mass is 10.1. The Morgan fingerprint density at radius 3 is 2.41 bits per heavy atom. The third-order valence-electron chi connectivity index (χ3n) is 3.10. The Morgan fingerprint density at radius 2 is 1.96 bits per heavy atom. The van der Waals surface area contributed by atoms with Crippen molar-refractivity contribution in [1.82, 2.24) is 9.97 Å². The molecule has 0 aliphatic heterocycles. The Balaban J connectivity index is 0.000000433. The van der Waals surface area contributed by atoms with E-state index in [0.717, 1.165) is 5.56 Å². The number of nitrogens with two attached hydrogens (primary N) is 1. The quantitative estimate of drug-likeness (QED) is 0.321. The number of nitrogens with one attached hydrogen (secondary N) is 1. The fraction of sp³-hybridized carbons (Fsp3) is 0.294. The minimum atomic E-state index is -3.73. The van der Waals surface area contributed by atoms with Crippen LogP contribution in [0.25, 0.3) is 0 Å². The van der Waals surface area contributed by atoms with Crippen LogP contribution < -0.4 is 15.8 Å². The maximum Gasteiger partial charge on any atom is 0.487 e. The molecule has 1 heterocycles. The number of amidine groups is 1. The van der Waals surface area contributed by atoms with Gasteiger partial charge in [-0.1, -0.05) is 6.92 Å². The molecule has 1 aromatic carbocycles. The standard InChI is InChI=1S/C12H14ClF2N3O2.C5H6N2/c1-8(11(16)18-7-19)6-17-9-2-4-10(5-3-9)20-12(13,14)15;1-5-2-6-4-7-3-5/h2-5,7-8,17H,6H2,1H3,(H2,16,18,19);2-4H,1H3/t8-;/m0./s1. The van der Waals surface area contributed by atoms with Gasteiger partial charge in [0.1, 0.15) is 17.9 Å². The minimum absolute atomic E-state index is 0.0503. The van der Waals surface area contributed by atoms with Gasteiger partial charge in [0.25, 0.3) is 0 Å². The summed E-state index contributed by atoms with van der Waals surface area (Å²) in [6, 6.07) is 5.81. The number of rotatable bonds is 7. The summed E-state index contributed by atoms with van der Waals surface area (Å²) < 4.78 is 29.0. The number of carbonyl (C=O) groups is 1. The molecule has 1 aromatic heterocycles. The van der Waals surface area contributed by atoms with Crippen LogP contribution in [0, 0.1) is 12.8 Å². The topological polar surface area (TPSA) is 102 Å². The summed E-state index contributed by atoms with van der Waals surface area (Å²) in [6.07, 6.45) is 5.44. The van der Waals surface area contributed by atoms with Crippen LogP contribution in [-0.2, 0) is 4.79 Å². The van der Waals surface area contributed by atoms with Gasteiger partial charge in [0.05, 0.1) is 0 Å². The molecule has 0 radical (unpaired) electrons. The predicted octanol–water partition coefficient (Wildman–Crippen LogP) is 3.20. The minimum Gasteiger partial charge on any atom is -0.420 e. The van der Waals surface area contributed by atoms with Crippen molar-refractivity contribution in [3.8, 4) is 5.75 Å². The molecule has 0 saturated carbocycles. The number of aromatic nitrogens is 2. The van der Waals surface area contributed by atoms with E-state index >= 15 is 0 Å². The van der Waals surface area contributed by atoms with Gasteiger partial charge < -0.3 is 15.8 Å². The van der Waals surface area contributed by atoms with Gasteiger partial charge in [-0.15, -0.1) is 8.78 Å². The summed E-state index contributed by atoms with van der Waals surface area (Å²) in [6.45, 7) is 4.19. The molecule has 0 bridgehead atoms. The van der Waals surface area contributed by atoms with Crippen molar-refractivity contribution in [3.05, 3.63) is 48.5 Å². The Kier molecular flexibility index (Phi) is 9.07. The van der Waals surface area contributed by atoms with Crippen molar-refractivity contribution < 1.29 is 18.3 Å². The fourth-order valence-corrected chi connectivity index (χ4v) is 1.80. The molecule has 2 rings (SSSR count). The summed E-state index contributed by atoms with van der Waals surface area (Å²) in [4.78, 5) is 21.2. The number of anilines is 1. The average Bonchev–Trinajstić information content (AvgIpc) is 2.61. The molecular weight excluding hydrogens is 380 g/mol. The van der Waals surface area contributed by atoms with Crippen molar-refractivity contribution >= 4 is 29.5 Å². The van der Waals surface area contributed by atoms with Crippen molar-refractivity contribution in [2.45, 2.75) is 19.4 Å². The first kappa shape index (κ1) is 22.2. The first-order chi connectivity index (χ1) is 12.7. The largest absolute Gasteiger partial charge is 0.487 e. The molecule has 0 fully saturated rings. The SMILES string of the molecule is C[C@@H](CNc1ccc(OC(F)(F)Cl)cc1)C(N)=NC=O.Cc1cncnc1. The first-order valence-corrected chi connectivity index (χ1v) is 8.17. The van der Waals surface area contributed by atoms with E-state index in [0.29, 0.717) is 18.6 Å². The second-order valence-electron chi connectivity index (χ2n) is 5.43. The van der Waals surface area contributed by atoms with Crippen LogP contribution >= 0.6 is 11.6 Å². The van der Waals surface area contributed by atoms with Gasteiger partial charge in [-0.25, -0.2) is 15.0 Å². The van der Waals surface area contributed by atoms with E-state index in [2.05, 4.69) is 36.6 Å². The lowest BCUT2D eigenvalue weighted by Gasteiger charge is -2.14. The number of amides is 1. The highest BCUT2D eigenvalue weighted by Gasteiger charge is 2.27. The maximum atomic E-state index is 12.4. The van der Waals surface area contributed by atoms with E-state index in [-0.39, 0.29) is 17.5 Å². The Labute approximate surface area is 160 Å². The second-order valence-corrected chi connectivity index (χ2v) is 5.87. The van der Waals surface area contributed by atoms with Crippen molar-refractivity contribution in [2.24, 2.45) is 16.6 Å². The van der Waals surface area contributed by atoms with Crippen molar-refractivity contribution in [1.29, 1.82) is 0 Å². The third kappa shape index (κ3) is 10.0. The summed E-state index contributed by atoms with van der Waals surface area (Å²) in [5.41, 5.74) is 3.59. The van der Waals surface area contributed by atoms with Crippen LogP contribution in [0.4, 0.5) is 14.5 Å². The van der Waals surface area contributed by atoms with E-state index in [4.69, 9.17) is 5.73 Å². The highest BCUT2D eigenvalue weighted by molar-refractivity contribution is 6.20. The average molecular weight is 400 g/mol. The van der Waals surface area contributed by atoms with Crippen LogP contribution in [-0.4, -0.2) is 34.3 Å². The predicted molar refractivity (Wildman–Crippen MR) is 100.0 cm³/mol. The number of aliphatic imine (C=N–C) groups is 1. The van der Waals surface area contributed by atoms with Gasteiger partial charge >= 0.3 is 5.57 Å². The summed E-state index contributed by atoms with van der Waals surface area (Å²) in [5.74, 6) is 0.0168. The summed E-state index contributed by atoms with van der Waals surface area (Å²) in [5, 5.41) is 3.02. The van der Waals surface area contributed by atoms with Gasteiger partial charge in [0, 0.05) is 42.1 Å². The lowest BCUT2D eigenvalue weighted by molar-refractivity contribution is -0.106. The van der Waals surface area contributed by atoms with E-state index in [1.807, 2.05) is 6.92 Å². The molecule has 0 unspecified atom stereocenters. The number of aryl methyl sites for hydroxylation is 1. The summed E-state index contributed by atoms with van der Waals surface area (Å²) >= 11 is 4.65. The number of ether oxygens (including phenoxy) is 1. The molecule has 10 heteroatoms. The highest BCUT2D eigenvalue weighted by Crippen LogP contribution is 2.25. The zero-order valence-corrected chi connectivity index (χ0v) is 15.5. The molecule has 27 heavy (non-hydrogen) atoms. The lowest BCUT2D eigenvalue weighted by Crippen LogP contribution is -2.27. The van der Waals surface area contributed by atoms with Gasteiger partial charge in [-0.05, 0) is 36.8 Å². The van der Waals surface area contributed by atoms with Crippen LogP contribution in [0.2, 0.25) is 0 Å². The van der Waals surface area contributed by atoms with Gasteiger partial charge in [0.2, 0.25) is 6.41 Å². The fourth-order valence-electron chi connectivity index (χ4n) is 1.71. The first-order valence-electron chi connectivity index (χ1n) is 7.79. The number of halogens is 3. The van der Waals surface area contributed by atoms with Gasteiger partial charge in [-0.3, -0.25) is 4.79 Å². The molecule has 1 amide bonds. The van der Waals surface area contributed by atoms with E-state index in [9.17, 15) is 13.6 Å². The van der Waals surface area contributed by atoms with Crippen molar-refractivity contribution in [3.63, 3.8) is 0 Å². The second kappa shape index (κ2) is 11.0. The molecule has 7 nitrogen and oxygen atoms in total. The molecule has 146 valence electrons. The molecule has 0 saturated heterocycles. The van der Waals surface area contributed by atoms with Gasteiger partial charge in [0.15, 0.2) is 0 Å². The van der Waals surface area contributed by atoms with Gasteiger partial charge in [-0.2, -0.15) is 0 Å². The van der Waals surface area contributed by atoms with Crippen LogP contribution in [0.3, 0.4) is 0 Å². The maximum absolute atomic E-state index is 12.4. The Hall–Kier alpha value is -2.81. The summed E-state index contributed by atoms with van der Waals surface area (Å²) in [7, 11) is 0. The molecular formula is C17H20ClF2N5O2. The molecule has 3 N–H and O–H groups in total. The number of hydrogen-bond acceptors (Lipinski definition) is 5. The smallest absolute Gasteiger partial charge is 0.420 e. The molecule has 0 aliphatic rings. The zero-order valence-electron chi connectivity index (χ0n) is 14.8. The number of benzene rings is 1. The molecule has 1 atom stereocenters. The van der Waals surface area contributed by atoms with Crippen molar-refractivity contribution in [2.75, 3.05) is 11.9 Å². The third-order valence-corrected chi connectivity index (χ3v) is 3.17. The van der Waals surface area contributed by atoms with Crippen LogP contribution in [0.1, 0.15) is 12.5 Å². The Morgan fingerprint density at radius 1 is 1.37 bits per heavy atom. The van der Waals surface area contributed by atoms with Crippen LogP contribution in [0.5, 0.6) is 5.75 Å². The van der Waals surface area contributed by atoms with E-state index < -0.39 is 5.57 Å². The highest BCUT2D eigenvalue weighted by atomic mass is 35.5. The Bertz CT molecular complexity index is 724. The van der Waals surface area contributed by atoms with E-state index in [1.54, 1.807) is 31.5 Å². The number of alkyl halides is 3. The monoisotopic (exact) mass is 399 g/mol. The molecule has 2 aromatic rings. The normalized spacial score (nSPS) is 12.4. The zero-order chi connectivity index (χ0) is 20.3. The number of nitrogens with zero attached hydrogens (tertiary/aromatic N) is 3. The molecule has 0 aliphatic carbocycles. The van der Waals surface area contributed by atoms with Crippen LogP contribution in [0.15, 0.2) is 48.0 Å². The van der Waals surface area contributed by atoms with E-state index in [1.165, 1.54) is 18.5 Å².